The number of nitriles is 1. The molecular formula is C13H12N2O2. The standard InChI is InChI=1S/C13H12N2O2/c1-9(8-14)6-7-15-12(16)10-4-2-3-5-11(10)13(15)17/h2-5,9H,6-7H2,1H3. The maximum absolute atomic E-state index is 11.9. The molecule has 17 heavy (non-hydrogen) atoms. The molecule has 1 aromatic rings. The van der Waals surface area contributed by atoms with Crippen molar-refractivity contribution in [3.63, 3.8) is 0 Å². The summed E-state index contributed by atoms with van der Waals surface area (Å²) in [6.45, 7) is 2.08. The van der Waals surface area contributed by atoms with Crippen LogP contribution in [0.25, 0.3) is 0 Å². The maximum atomic E-state index is 11.9. The zero-order chi connectivity index (χ0) is 12.4. The van der Waals surface area contributed by atoms with Gasteiger partial charge in [-0.05, 0) is 25.5 Å². The molecule has 2 amide bonds. The quantitative estimate of drug-likeness (QED) is 0.741. The maximum Gasteiger partial charge on any atom is 0.261 e. The van der Waals surface area contributed by atoms with Crippen LogP contribution in [-0.2, 0) is 0 Å². The molecule has 0 saturated heterocycles. The van der Waals surface area contributed by atoms with Crippen LogP contribution in [0, 0.1) is 17.2 Å². The van der Waals surface area contributed by atoms with E-state index < -0.39 is 0 Å². The number of hydrogen-bond acceptors (Lipinski definition) is 3. The summed E-state index contributed by atoms with van der Waals surface area (Å²) in [5.74, 6) is -0.661. The van der Waals surface area contributed by atoms with Crippen LogP contribution < -0.4 is 0 Å². The van der Waals surface area contributed by atoms with Crippen LogP contribution in [0.3, 0.4) is 0 Å². The van der Waals surface area contributed by atoms with Crippen LogP contribution in [0.5, 0.6) is 0 Å². The van der Waals surface area contributed by atoms with Gasteiger partial charge in [0, 0.05) is 12.5 Å². The fourth-order valence-electron chi connectivity index (χ4n) is 1.83. The third-order valence-electron chi connectivity index (χ3n) is 2.88. The molecule has 2 rings (SSSR count). The Balaban J connectivity index is 2.17. The number of amides is 2. The summed E-state index contributed by atoms with van der Waals surface area (Å²) in [6.07, 6.45) is 0.516. The van der Waals surface area contributed by atoms with E-state index in [1.807, 2.05) is 0 Å². The molecule has 0 fully saturated rings. The third kappa shape index (κ3) is 1.92. The molecule has 1 aliphatic heterocycles. The zero-order valence-corrected chi connectivity index (χ0v) is 9.51. The van der Waals surface area contributed by atoms with Crippen molar-refractivity contribution in [2.24, 2.45) is 5.92 Å². The van der Waals surface area contributed by atoms with Gasteiger partial charge in [0.25, 0.3) is 11.8 Å². The van der Waals surface area contributed by atoms with Gasteiger partial charge in [-0.3, -0.25) is 14.5 Å². The van der Waals surface area contributed by atoms with Crippen molar-refractivity contribution >= 4 is 11.8 Å². The first-order valence-electron chi connectivity index (χ1n) is 5.50. The van der Waals surface area contributed by atoms with Crippen LogP contribution in [0.4, 0.5) is 0 Å². The van der Waals surface area contributed by atoms with E-state index in [1.165, 1.54) is 4.90 Å². The zero-order valence-electron chi connectivity index (χ0n) is 9.51. The summed E-state index contributed by atoms with van der Waals surface area (Å²) in [5, 5.41) is 8.68. The lowest BCUT2D eigenvalue weighted by Gasteiger charge is -2.13. The topological polar surface area (TPSA) is 61.2 Å². The number of rotatable bonds is 3. The number of carbonyl (C=O) groups is 2. The van der Waals surface area contributed by atoms with E-state index in [9.17, 15) is 9.59 Å². The fraction of sp³-hybridized carbons (Fsp3) is 0.308. The third-order valence-corrected chi connectivity index (χ3v) is 2.88. The number of nitrogens with zero attached hydrogens (tertiary/aromatic N) is 2. The minimum absolute atomic E-state index is 0.153. The van der Waals surface area contributed by atoms with E-state index in [2.05, 4.69) is 6.07 Å². The van der Waals surface area contributed by atoms with Gasteiger partial charge < -0.3 is 0 Å². The summed E-state index contributed by atoms with van der Waals surface area (Å²) in [4.78, 5) is 25.1. The lowest BCUT2D eigenvalue weighted by Crippen LogP contribution is -2.31. The average molecular weight is 228 g/mol. The average Bonchev–Trinajstić information content (AvgIpc) is 2.60. The molecule has 0 aromatic heterocycles. The molecule has 0 saturated carbocycles. The number of carbonyl (C=O) groups excluding carboxylic acids is 2. The van der Waals surface area contributed by atoms with E-state index in [0.29, 0.717) is 24.1 Å². The normalized spacial score (nSPS) is 15.6. The highest BCUT2D eigenvalue weighted by atomic mass is 16.2. The Kier molecular flexibility index (Phi) is 2.92. The Morgan fingerprint density at radius 1 is 1.24 bits per heavy atom. The number of hydrogen-bond donors (Lipinski definition) is 0. The first kappa shape index (κ1) is 11.3. The number of benzene rings is 1. The van der Waals surface area contributed by atoms with E-state index in [0.717, 1.165) is 0 Å². The van der Waals surface area contributed by atoms with Gasteiger partial charge in [-0.25, -0.2) is 0 Å². The van der Waals surface area contributed by atoms with Crippen LogP contribution in [-0.4, -0.2) is 23.3 Å². The first-order chi connectivity index (χ1) is 8.15. The Morgan fingerprint density at radius 2 is 1.76 bits per heavy atom. The molecule has 86 valence electrons. The van der Waals surface area contributed by atoms with Crippen LogP contribution in [0.15, 0.2) is 24.3 Å². The summed E-state index contributed by atoms with van der Waals surface area (Å²) in [6, 6.07) is 8.89. The van der Waals surface area contributed by atoms with Crippen molar-refractivity contribution in [3.05, 3.63) is 35.4 Å². The van der Waals surface area contributed by atoms with Gasteiger partial charge in [0.2, 0.25) is 0 Å². The highest BCUT2D eigenvalue weighted by Crippen LogP contribution is 2.22. The molecule has 1 unspecified atom stereocenters. The van der Waals surface area contributed by atoms with Gasteiger partial charge in [0.05, 0.1) is 17.2 Å². The highest BCUT2D eigenvalue weighted by molar-refractivity contribution is 6.21. The molecular weight excluding hydrogens is 216 g/mol. The van der Waals surface area contributed by atoms with E-state index in [1.54, 1.807) is 31.2 Å². The molecule has 1 aromatic carbocycles. The van der Waals surface area contributed by atoms with E-state index in [-0.39, 0.29) is 17.7 Å². The Bertz CT molecular complexity index is 481. The summed E-state index contributed by atoms with van der Waals surface area (Å²) < 4.78 is 0. The van der Waals surface area contributed by atoms with Gasteiger partial charge >= 0.3 is 0 Å². The highest BCUT2D eigenvalue weighted by Gasteiger charge is 2.34. The van der Waals surface area contributed by atoms with E-state index in [4.69, 9.17) is 5.26 Å². The number of imide groups is 1. The Labute approximate surface area is 99.5 Å². The SMILES string of the molecule is CC(C#N)CCN1C(=O)c2ccccc2C1=O. The van der Waals surface area contributed by atoms with Gasteiger partial charge in [-0.15, -0.1) is 0 Å². The molecule has 4 heteroatoms. The second kappa shape index (κ2) is 4.38. The second-order valence-electron chi connectivity index (χ2n) is 4.13. The second-order valence-corrected chi connectivity index (χ2v) is 4.13. The lowest BCUT2D eigenvalue weighted by molar-refractivity contribution is 0.0649. The molecule has 0 bridgehead atoms. The molecule has 1 heterocycles. The monoisotopic (exact) mass is 228 g/mol. The molecule has 0 N–H and O–H groups in total. The first-order valence-corrected chi connectivity index (χ1v) is 5.50. The smallest absolute Gasteiger partial charge is 0.261 e. The fourth-order valence-corrected chi connectivity index (χ4v) is 1.83. The van der Waals surface area contributed by atoms with Crippen molar-refractivity contribution in [1.29, 1.82) is 5.26 Å². The van der Waals surface area contributed by atoms with Gasteiger partial charge in [-0.1, -0.05) is 12.1 Å². The van der Waals surface area contributed by atoms with Crippen molar-refractivity contribution in [1.82, 2.24) is 4.90 Å². The Hall–Kier alpha value is -2.15. The predicted molar refractivity (Wildman–Crippen MR) is 61.2 cm³/mol. The van der Waals surface area contributed by atoms with Crippen LogP contribution in [0.1, 0.15) is 34.1 Å². The lowest BCUT2D eigenvalue weighted by atomic mass is 10.1. The van der Waals surface area contributed by atoms with Crippen molar-refractivity contribution in [3.8, 4) is 6.07 Å². The van der Waals surface area contributed by atoms with Crippen LogP contribution >= 0.6 is 0 Å². The summed E-state index contributed by atoms with van der Waals surface area (Å²) in [7, 11) is 0. The summed E-state index contributed by atoms with van der Waals surface area (Å²) in [5.41, 5.74) is 0.921. The van der Waals surface area contributed by atoms with Gasteiger partial charge in [0.15, 0.2) is 0 Å². The molecule has 0 radical (unpaired) electrons. The van der Waals surface area contributed by atoms with E-state index >= 15 is 0 Å². The molecule has 0 spiro atoms. The van der Waals surface area contributed by atoms with Crippen molar-refractivity contribution < 1.29 is 9.59 Å². The van der Waals surface area contributed by atoms with Gasteiger partial charge in [-0.2, -0.15) is 5.26 Å². The Morgan fingerprint density at radius 3 is 2.24 bits per heavy atom. The minimum Gasteiger partial charge on any atom is -0.274 e. The molecule has 0 aliphatic carbocycles. The van der Waals surface area contributed by atoms with Gasteiger partial charge in [0.1, 0.15) is 0 Å². The van der Waals surface area contributed by atoms with Crippen LogP contribution in [0.2, 0.25) is 0 Å². The molecule has 1 aliphatic rings. The predicted octanol–water partition coefficient (Wildman–Crippen LogP) is 1.83. The number of fused-ring (bicyclic) bond motifs is 1. The largest absolute Gasteiger partial charge is 0.274 e. The van der Waals surface area contributed by atoms with Crippen molar-refractivity contribution in [2.45, 2.75) is 13.3 Å². The minimum atomic E-state index is -0.254. The summed E-state index contributed by atoms with van der Waals surface area (Å²) >= 11 is 0. The van der Waals surface area contributed by atoms with Crippen molar-refractivity contribution in [2.75, 3.05) is 6.54 Å². The molecule has 4 nitrogen and oxygen atoms in total. The molecule has 1 atom stereocenters.